The highest BCUT2D eigenvalue weighted by Gasteiger charge is 2.16. The van der Waals surface area contributed by atoms with Gasteiger partial charge < -0.3 is 19.5 Å². The summed E-state index contributed by atoms with van der Waals surface area (Å²) in [6.45, 7) is -0.00864. The molecule has 0 atom stereocenters. The van der Waals surface area contributed by atoms with Crippen LogP contribution in [0.15, 0.2) is 72.9 Å². The predicted octanol–water partition coefficient (Wildman–Crippen LogP) is 6.19. The average molecular weight is 529 g/mol. The number of non-ortho nitro benzene ring substituents is 1. The van der Waals surface area contributed by atoms with E-state index in [2.05, 4.69) is 10.4 Å². The molecule has 0 fully saturated rings. The van der Waals surface area contributed by atoms with Crippen LogP contribution in [0.3, 0.4) is 0 Å². The van der Waals surface area contributed by atoms with Gasteiger partial charge in [-0.15, -0.1) is 0 Å². The van der Waals surface area contributed by atoms with Crippen molar-refractivity contribution in [3.8, 4) is 23.0 Å². The van der Waals surface area contributed by atoms with E-state index in [0.29, 0.717) is 27.3 Å². The molecule has 4 rings (SSSR count). The van der Waals surface area contributed by atoms with Crippen LogP contribution in [-0.4, -0.2) is 27.7 Å². The van der Waals surface area contributed by atoms with E-state index in [1.807, 2.05) is 0 Å². The minimum absolute atomic E-state index is 0.00864. The number of halogens is 2. The molecule has 0 saturated carbocycles. The lowest BCUT2D eigenvalue weighted by molar-refractivity contribution is -0.384. The molecule has 1 heterocycles. The molecule has 36 heavy (non-hydrogen) atoms. The second kappa shape index (κ2) is 11.0. The largest absolute Gasteiger partial charge is 0.497 e. The van der Waals surface area contributed by atoms with Crippen LogP contribution in [0, 0.1) is 10.1 Å². The van der Waals surface area contributed by atoms with Crippen LogP contribution < -0.4 is 19.5 Å². The topological polar surface area (TPSA) is 118 Å². The molecule has 0 aliphatic heterocycles. The van der Waals surface area contributed by atoms with Gasteiger partial charge in [0.1, 0.15) is 23.0 Å². The molecule has 0 unspecified atom stereocenters. The lowest BCUT2D eigenvalue weighted by Crippen LogP contribution is -2.14. The minimum Gasteiger partial charge on any atom is -0.497 e. The Balaban J connectivity index is 1.45. The molecule has 12 heteroatoms. The van der Waals surface area contributed by atoms with E-state index in [4.69, 9.17) is 37.4 Å². The predicted molar refractivity (Wildman–Crippen MR) is 133 cm³/mol. The Morgan fingerprint density at radius 2 is 1.78 bits per heavy atom. The Morgan fingerprint density at radius 3 is 2.47 bits per heavy atom. The number of hydrogen-bond acceptors (Lipinski definition) is 7. The van der Waals surface area contributed by atoms with Crippen LogP contribution in [0.25, 0.3) is 0 Å². The molecule has 1 N–H and O–H groups in total. The second-order valence-electron chi connectivity index (χ2n) is 7.29. The van der Waals surface area contributed by atoms with Crippen LogP contribution in [0.5, 0.6) is 23.0 Å². The number of amides is 1. The number of carbonyl (C=O) groups excluding carboxylic acids is 1. The van der Waals surface area contributed by atoms with Gasteiger partial charge in [0.05, 0.1) is 28.8 Å². The van der Waals surface area contributed by atoms with E-state index in [9.17, 15) is 14.9 Å². The Labute approximate surface area is 215 Å². The number of aromatic nitrogens is 2. The van der Waals surface area contributed by atoms with Gasteiger partial charge in [-0.1, -0.05) is 23.2 Å². The van der Waals surface area contributed by atoms with Crippen molar-refractivity contribution in [3.05, 3.63) is 98.8 Å². The van der Waals surface area contributed by atoms with Gasteiger partial charge in [-0.05, 0) is 48.5 Å². The van der Waals surface area contributed by atoms with Gasteiger partial charge in [-0.25, -0.2) is 4.68 Å². The number of nitro benzene ring substituents is 1. The van der Waals surface area contributed by atoms with Crippen molar-refractivity contribution < 1.29 is 23.9 Å². The van der Waals surface area contributed by atoms with Crippen LogP contribution in [0.4, 0.5) is 11.4 Å². The van der Waals surface area contributed by atoms with Crippen molar-refractivity contribution in [3.63, 3.8) is 0 Å². The molecule has 184 valence electrons. The van der Waals surface area contributed by atoms with Gasteiger partial charge in [-0.3, -0.25) is 14.9 Å². The number of hydrogen-bond donors (Lipinski definition) is 1. The zero-order valence-corrected chi connectivity index (χ0v) is 20.2. The number of nitro groups is 1. The fourth-order valence-corrected chi connectivity index (χ4v) is 3.54. The third kappa shape index (κ3) is 6.23. The maximum Gasteiger partial charge on any atom is 0.276 e. The van der Waals surface area contributed by atoms with Crippen molar-refractivity contribution in [1.82, 2.24) is 9.78 Å². The van der Waals surface area contributed by atoms with Gasteiger partial charge in [0.15, 0.2) is 12.4 Å². The summed E-state index contributed by atoms with van der Waals surface area (Å²) >= 11 is 12.0. The number of ether oxygens (including phenoxy) is 3. The zero-order valence-electron chi connectivity index (χ0n) is 18.7. The quantitative estimate of drug-likeness (QED) is 0.203. The number of anilines is 1. The zero-order chi connectivity index (χ0) is 25.7. The third-order valence-electron chi connectivity index (χ3n) is 4.77. The molecule has 0 spiro atoms. The highest BCUT2D eigenvalue weighted by Crippen LogP contribution is 2.31. The third-order valence-corrected chi connectivity index (χ3v) is 5.31. The van der Waals surface area contributed by atoms with E-state index < -0.39 is 10.8 Å². The van der Waals surface area contributed by atoms with Crippen molar-refractivity contribution in [2.45, 2.75) is 6.73 Å². The SMILES string of the molecule is COc1ccc(Oc2cc(NC(=O)c3ccn(COc4ccc(Cl)cc4Cl)n3)cc([N+](=O)[O-])c2)cc1. The first-order valence-electron chi connectivity index (χ1n) is 10.3. The van der Waals surface area contributed by atoms with E-state index in [1.54, 1.807) is 48.7 Å². The summed E-state index contributed by atoms with van der Waals surface area (Å²) in [6.07, 6.45) is 1.55. The van der Waals surface area contributed by atoms with Crippen molar-refractivity contribution in [1.29, 1.82) is 0 Å². The summed E-state index contributed by atoms with van der Waals surface area (Å²) in [7, 11) is 1.54. The number of nitrogens with zero attached hydrogens (tertiary/aromatic N) is 3. The maximum absolute atomic E-state index is 12.7. The molecule has 0 radical (unpaired) electrons. The van der Waals surface area contributed by atoms with Crippen LogP contribution in [-0.2, 0) is 6.73 Å². The maximum atomic E-state index is 12.7. The molecule has 0 aliphatic carbocycles. The van der Waals surface area contributed by atoms with Crippen molar-refractivity contribution in [2.24, 2.45) is 0 Å². The number of rotatable bonds is 9. The van der Waals surface area contributed by atoms with Crippen LogP contribution >= 0.6 is 23.2 Å². The summed E-state index contributed by atoms with van der Waals surface area (Å²) in [4.78, 5) is 23.6. The van der Waals surface area contributed by atoms with E-state index >= 15 is 0 Å². The Kier molecular flexibility index (Phi) is 7.57. The number of nitrogens with one attached hydrogen (secondary N) is 1. The van der Waals surface area contributed by atoms with Gasteiger partial charge in [-0.2, -0.15) is 5.10 Å². The second-order valence-corrected chi connectivity index (χ2v) is 8.14. The molecule has 4 aromatic rings. The first kappa shape index (κ1) is 24.8. The summed E-state index contributed by atoms with van der Waals surface area (Å²) in [5.41, 5.74) is -0.0172. The molecule has 0 bridgehead atoms. The summed E-state index contributed by atoms with van der Waals surface area (Å²) in [5, 5.41) is 19.0. The molecule has 10 nitrogen and oxygen atoms in total. The molecular formula is C24H18Cl2N4O6. The highest BCUT2D eigenvalue weighted by atomic mass is 35.5. The van der Waals surface area contributed by atoms with Crippen LogP contribution in [0.2, 0.25) is 10.0 Å². The first-order chi connectivity index (χ1) is 17.3. The Morgan fingerprint density at radius 1 is 1.03 bits per heavy atom. The first-order valence-corrected chi connectivity index (χ1v) is 11.1. The monoisotopic (exact) mass is 528 g/mol. The molecular weight excluding hydrogens is 511 g/mol. The summed E-state index contributed by atoms with van der Waals surface area (Å²) in [5.74, 6) is 1.07. The Bertz CT molecular complexity index is 1410. The molecule has 3 aromatic carbocycles. The van der Waals surface area contributed by atoms with Crippen molar-refractivity contribution in [2.75, 3.05) is 12.4 Å². The van der Waals surface area contributed by atoms with E-state index in [-0.39, 0.29) is 29.5 Å². The molecule has 0 aliphatic rings. The smallest absolute Gasteiger partial charge is 0.276 e. The minimum atomic E-state index is -0.579. The molecule has 1 amide bonds. The van der Waals surface area contributed by atoms with E-state index in [1.165, 1.54) is 36.1 Å². The molecule has 0 saturated heterocycles. The Hall–Kier alpha value is -4.28. The molecule has 1 aromatic heterocycles. The number of carbonyl (C=O) groups is 1. The lowest BCUT2D eigenvalue weighted by atomic mass is 10.2. The number of methoxy groups -OCH3 is 1. The van der Waals surface area contributed by atoms with Gasteiger partial charge in [0.2, 0.25) is 0 Å². The van der Waals surface area contributed by atoms with Gasteiger partial charge in [0.25, 0.3) is 11.6 Å². The van der Waals surface area contributed by atoms with Crippen molar-refractivity contribution >= 4 is 40.5 Å². The number of benzene rings is 3. The normalized spacial score (nSPS) is 10.5. The lowest BCUT2D eigenvalue weighted by Gasteiger charge is -2.10. The van der Waals surface area contributed by atoms with E-state index in [0.717, 1.165) is 0 Å². The van der Waals surface area contributed by atoms with Crippen LogP contribution in [0.1, 0.15) is 10.5 Å². The van der Waals surface area contributed by atoms with Gasteiger partial charge in [0, 0.05) is 23.4 Å². The standard InChI is InChI=1S/C24H18Cl2N4O6/c1-34-18-3-5-19(6-4-18)36-20-12-16(11-17(13-20)30(32)33)27-24(31)22-8-9-29(28-22)14-35-23-7-2-15(25)10-21(23)26/h2-13H,14H2,1H3,(H,27,31). The highest BCUT2D eigenvalue weighted by molar-refractivity contribution is 6.35. The summed E-state index contributed by atoms with van der Waals surface area (Å²) in [6, 6.07) is 16.9. The fraction of sp³-hybridized carbons (Fsp3) is 0.0833. The van der Waals surface area contributed by atoms with Gasteiger partial charge >= 0.3 is 0 Å². The summed E-state index contributed by atoms with van der Waals surface area (Å²) < 4.78 is 17.8. The fourth-order valence-electron chi connectivity index (χ4n) is 3.08. The average Bonchev–Trinajstić information content (AvgIpc) is 3.33.